The van der Waals surface area contributed by atoms with Crippen molar-refractivity contribution in [1.82, 2.24) is 15.5 Å². The van der Waals surface area contributed by atoms with Crippen molar-refractivity contribution in [2.75, 3.05) is 11.9 Å². The Hall–Kier alpha value is -2.63. The molecule has 0 fully saturated rings. The molecule has 12 heteroatoms. The molecule has 1 amide bonds. The van der Waals surface area contributed by atoms with Gasteiger partial charge in [-0.25, -0.2) is 4.79 Å². The fraction of sp³-hybridized carbons (Fsp3) is 0.385. The van der Waals surface area contributed by atoms with E-state index in [4.69, 9.17) is 4.42 Å². The lowest BCUT2D eigenvalue weighted by Gasteiger charge is -2.33. The first kappa shape index (κ1) is 18.7. The molecule has 2 aromatic rings. The van der Waals surface area contributed by atoms with E-state index < -0.39 is 29.5 Å². The molecule has 2 aromatic heterocycles. The van der Waals surface area contributed by atoms with E-state index >= 15 is 0 Å². The lowest BCUT2D eigenvalue weighted by Crippen LogP contribution is -2.69. The third kappa shape index (κ3) is 3.90. The fourth-order valence-corrected chi connectivity index (χ4v) is 2.42. The molecule has 1 atom stereocenters. The van der Waals surface area contributed by atoms with Crippen LogP contribution in [0, 0.1) is 6.92 Å². The standard InChI is InChI=1S/C13H13F3N4O4S/c1-3-23-10(22)12(13(14,15)16,18-11-20-19-7(2)25-11)17-9(21)8-5-4-6-24-8/h4-6H,3H2,1-2H3,(H,17,21)(H,18,20). The lowest BCUT2D eigenvalue weighted by atomic mass is 10.1. The number of nitrogens with one attached hydrogen (secondary N) is 2. The normalized spacial score (nSPS) is 13.8. The van der Waals surface area contributed by atoms with Gasteiger partial charge in [-0.3, -0.25) is 4.79 Å². The van der Waals surface area contributed by atoms with Crippen LogP contribution in [0.2, 0.25) is 0 Å². The number of esters is 1. The first-order valence-corrected chi connectivity index (χ1v) is 7.69. The Morgan fingerprint density at radius 2 is 2.08 bits per heavy atom. The van der Waals surface area contributed by atoms with Gasteiger partial charge in [0.1, 0.15) is 5.01 Å². The molecule has 0 saturated carbocycles. The van der Waals surface area contributed by atoms with Gasteiger partial charge in [0, 0.05) is 0 Å². The Kier molecular flexibility index (Phi) is 5.30. The van der Waals surface area contributed by atoms with Crippen LogP contribution in [0.15, 0.2) is 22.8 Å². The lowest BCUT2D eigenvalue weighted by molar-refractivity contribution is -0.204. The van der Waals surface area contributed by atoms with Crippen molar-refractivity contribution in [3.63, 3.8) is 0 Å². The van der Waals surface area contributed by atoms with Crippen molar-refractivity contribution in [3.05, 3.63) is 29.2 Å². The molecule has 8 nitrogen and oxygen atoms in total. The Morgan fingerprint density at radius 1 is 1.36 bits per heavy atom. The topological polar surface area (TPSA) is 106 Å². The minimum atomic E-state index is -5.25. The van der Waals surface area contributed by atoms with Gasteiger partial charge in [0.15, 0.2) is 5.76 Å². The molecule has 2 rings (SSSR count). The van der Waals surface area contributed by atoms with Gasteiger partial charge in [-0.15, -0.1) is 10.2 Å². The van der Waals surface area contributed by atoms with Crippen LogP contribution in [0.3, 0.4) is 0 Å². The smallest absolute Gasteiger partial charge is 0.442 e. The van der Waals surface area contributed by atoms with E-state index in [0.717, 1.165) is 23.7 Å². The van der Waals surface area contributed by atoms with Gasteiger partial charge in [0.25, 0.3) is 5.91 Å². The minimum absolute atomic E-state index is 0.317. The summed E-state index contributed by atoms with van der Waals surface area (Å²) in [5, 5.41) is 10.6. The molecule has 2 heterocycles. The van der Waals surface area contributed by atoms with Gasteiger partial charge in [-0.05, 0) is 26.0 Å². The second-order valence-corrected chi connectivity index (χ2v) is 5.83. The number of ether oxygens (including phenoxy) is 1. The molecule has 0 aromatic carbocycles. The maximum absolute atomic E-state index is 13.8. The van der Waals surface area contributed by atoms with E-state index in [0.29, 0.717) is 5.01 Å². The van der Waals surface area contributed by atoms with E-state index in [1.165, 1.54) is 19.9 Å². The Morgan fingerprint density at radius 3 is 2.56 bits per heavy atom. The third-order valence-corrected chi connectivity index (χ3v) is 3.63. The number of rotatable bonds is 6. The number of carbonyl (C=O) groups excluding carboxylic acids is 2. The van der Waals surface area contributed by atoms with E-state index in [-0.39, 0.29) is 11.7 Å². The number of anilines is 1. The SMILES string of the molecule is CCOC(=O)C(NC(=O)c1ccco1)(Nc1nnc(C)s1)C(F)(F)F. The summed E-state index contributed by atoms with van der Waals surface area (Å²) in [6.07, 6.45) is -4.14. The van der Waals surface area contributed by atoms with Crippen LogP contribution >= 0.6 is 11.3 Å². The van der Waals surface area contributed by atoms with Crippen molar-refractivity contribution < 1.29 is 31.9 Å². The summed E-state index contributed by atoms with van der Waals surface area (Å²) in [7, 11) is 0. The first-order valence-electron chi connectivity index (χ1n) is 6.88. The van der Waals surface area contributed by atoms with Crippen LogP contribution < -0.4 is 10.6 Å². The minimum Gasteiger partial charge on any atom is -0.463 e. The summed E-state index contributed by atoms with van der Waals surface area (Å²) in [5.41, 5.74) is -3.56. The van der Waals surface area contributed by atoms with Crippen LogP contribution in [0.4, 0.5) is 18.3 Å². The van der Waals surface area contributed by atoms with Crippen molar-refractivity contribution in [3.8, 4) is 0 Å². The molecule has 2 N–H and O–H groups in total. The summed E-state index contributed by atoms with van der Waals surface area (Å²) < 4.78 is 50.7. The zero-order chi connectivity index (χ0) is 18.7. The maximum atomic E-state index is 13.8. The molecule has 0 aliphatic heterocycles. The number of aromatic nitrogens is 2. The number of nitrogens with zero attached hydrogens (tertiary/aromatic N) is 2. The van der Waals surface area contributed by atoms with E-state index in [2.05, 4.69) is 14.9 Å². The van der Waals surface area contributed by atoms with Crippen LogP contribution in [0.1, 0.15) is 22.5 Å². The van der Waals surface area contributed by atoms with E-state index in [1.54, 1.807) is 5.32 Å². The van der Waals surface area contributed by atoms with Crippen LogP contribution in [0.25, 0.3) is 0 Å². The average molecular weight is 378 g/mol. The number of furan rings is 1. The number of hydrogen-bond acceptors (Lipinski definition) is 8. The van der Waals surface area contributed by atoms with Crippen LogP contribution in [0.5, 0.6) is 0 Å². The molecule has 0 spiro atoms. The fourth-order valence-electron chi connectivity index (χ4n) is 1.78. The van der Waals surface area contributed by atoms with Gasteiger partial charge in [0.2, 0.25) is 5.13 Å². The Labute approximate surface area is 143 Å². The number of hydrogen-bond donors (Lipinski definition) is 2. The maximum Gasteiger partial charge on any atom is 0.442 e. The monoisotopic (exact) mass is 378 g/mol. The predicted octanol–water partition coefficient (Wildman–Crippen LogP) is 2.10. The highest BCUT2D eigenvalue weighted by molar-refractivity contribution is 7.15. The molecule has 0 aliphatic rings. The van der Waals surface area contributed by atoms with Crippen molar-refractivity contribution in [1.29, 1.82) is 0 Å². The molecule has 1 unspecified atom stereocenters. The summed E-state index contributed by atoms with van der Waals surface area (Å²) in [5.74, 6) is -3.41. The van der Waals surface area contributed by atoms with Crippen LogP contribution in [-0.2, 0) is 9.53 Å². The first-order chi connectivity index (χ1) is 11.7. The Bertz CT molecular complexity index is 747. The number of alkyl halides is 3. The summed E-state index contributed by atoms with van der Waals surface area (Å²) in [4.78, 5) is 24.2. The highest BCUT2D eigenvalue weighted by Crippen LogP contribution is 2.34. The number of carbonyl (C=O) groups is 2. The molecule has 25 heavy (non-hydrogen) atoms. The number of amides is 1. The summed E-state index contributed by atoms with van der Waals surface area (Å²) in [6, 6.07) is 2.47. The van der Waals surface area contributed by atoms with Gasteiger partial charge in [0.05, 0.1) is 12.9 Å². The molecule has 0 saturated heterocycles. The quantitative estimate of drug-likeness (QED) is 0.586. The molecular formula is C13H13F3N4O4S. The van der Waals surface area contributed by atoms with Crippen molar-refractivity contribution in [2.24, 2.45) is 0 Å². The number of halogens is 3. The second kappa shape index (κ2) is 7.09. The predicted molar refractivity (Wildman–Crippen MR) is 79.9 cm³/mol. The third-order valence-electron chi connectivity index (χ3n) is 2.87. The average Bonchev–Trinajstić information content (AvgIpc) is 3.17. The van der Waals surface area contributed by atoms with Gasteiger partial charge < -0.3 is 19.8 Å². The second-order valence-electron chi connectivity index (χ2n) is 4.65. The van der Waals surface area contributed by atoms with E-state index in [1.807, 2.05) is 5.32 Å². The largest absolute Gasteiger partial charge is 0.463 e. The number of aryl methyl sites for hydroxylation is 1. The summed E-state index contributed by atoms with van der Waals surface area (Å²) in [6.45, 7) is 2.52. The van der Waals surface area contributed by atoms with Crippen molar-refractivity contribution >= 4 is 28.3 Å². The highest BCUT2D eigenvalue weighted by Gasteiger charge is 2.64. The van der Waals surface area contributed by atoms with Gasteiger partial charge in [-0.2, -0.15) is 13.2 Å². The zero-order valence-corrected chi connectivity index (χ0v) is 13.8. The molecule has 0 bridgehead atoms. The Balaban J connectivity index is 2.45. The van der Waals surface area contributed by atoms with Crippen molar-refractivity contribution in [2.45, 2.75) is 25.7 Å². The highest BCUT2D eigenvalue weighted by atomic mass is 32.1. The van der Waals surface area contributed by atoms with Crippen LogP contribution in [-0.4, -0.2) is 40.5 Å². The van der Waals surface area contributed by atoms with Gasteiger partial charge >= 0.3 is 17.8 Å². The zero-order valence-electron chi connectivity index (χ0n) is 13.0. The van der Waals surface area contributed by atoms with Gasteiger partial charge in [-0.1, -0.05) is 11.3 Å². The molecular weight excluding hydrogens is 365 g/mol. The van der Waals surface area contributed by atoms with E-state index in [9.17, 15) is 22.8 Å². The molecule has 0 aliphatic carbocycles. The molecule has 0 radical (unpaired) electrons. The summed E-state index contributed by atoms with van der Waals surface area (Å²) >= 11 is 0.775. The molecule has 136 valence electrons.